The Labute approximate surface area is 105 Å². The maximum atomic E-state index is 13.3. The molecule has 0 saturated heterocycles. The first kappa shape index (κ1) is 14.4. The van der Waals surface area contributed by atoms with Gasteiger partial charge in [0.05, 0.1) is 11.0 Å². The third kappa shape index (κ3) is 3.66. The van der Waals surface area contributed by atoms with Crippen molar-refractivity contribution in [3.8, 4) is 0 Å². The zero-order valence-electron chi connectivity index (χ0n) is 10.4. The molecule has 0 aliphatic rings. The Kier molecular flexibility index (Phi) is 5.03. The molecule has 0 amide bonds. The lowest BCUT2D eigenvalue weighted by molar-refractivity contribution is -0.384. The quantitative estimate of drug-likeness (QED) is 0.605. The fraction of sp³-hybridized carbons (Fsp3) is 0.500. The number of hydrogen-bond donors (Lipinski definition) is 2. The number of hydrogen-bond acceptors (Lipinski definition) is 4. The molecule has 1 atom stereocenters. The van der Waals surface area contributed by atoms with Crippen LogP contribution in [0.5, 0.6) is 0 Å². The molecule has 2 N–H and O–H groups in total. The third-order valence-corrected chi connectivity index (χ3v) is 2.74. The van der Waals surface area contributed by atoms with Gasteiger partial charge in [-0.15, -0.1) is 0 Å². The third-order valence-electron chi connectivity index (χ3n) is 2.74. The van der Waals surface area contributed by atoms with E-state index in [4.69, 9.17) is 5.11 Å². The number of halogens is 1. The van der Waals surface area contributed by atoms with Crippen LogP contribution in [0.15, 0.2) is 12.1 Å². The Hall–Kier alpha value is -1.69. The number of nitrogens with zero attached hydrogens (tertiary/aromatic N) is 1. The van der Waals surface area contributed by atoms with Crippen LogP contribution in [0.4, 0.5) is 15.8 Å². The van der Waals surface area contributed by atoms with E-state index in [9.17, 15) is 14.5 Å². The van der Waals surface area contributed by atoms with Crippen molar-refractivity contribution >= 4 is 11.4 Å². The van der Waals surface area contributed by atoms with E-state index < -0.39 is 10.7 Å². The molecule has 1 aromatic rings. The number of benzene rings is 1. The fourth-order valence-electron chi connectivity index (χ4n) is 1.57. The van der Waals surface area contributed by atoms with E-state index in [1.165, 1.54) is 6.07 Å². The predicted octanol–water partition coefficient (Wildman–Crippen LogP) is 2.47. The summed E-state index contributed by atoms with van der Waals surface area (Å²) >= 11 is 0. The zero-order valence-corrected chi connectivity index (χ0v) is 10.4. The number of anilines is 1. The van der Waals surface area contributed by atoms with Crippen LogP contribution in [0.2, 0.25) is 0 Å². The van der Waals surface area contributed by atoms with Crippen molar-refractivity contribution in [1.82, 2.24) is 0 Å². The van der Waals surface area contributed by atoms with Crippen LogP contribution in [0, 0.1) is 28.8 Å². The second-order valence-corrected chi connectivity index (χ2v) is 4.37. The molecule has 0 radical (unpaired) electrons. The minimum absolute atomic E-state index is 0.0768. The zero-order chi connectivity index (χ0) is 13.7. The summed E-state index contributed by atoms with van der Waals surface area (Å²) in [6.45, 7) is 4.05. The van der Waals surface area contributed by atoms with Crippen LogP contribution >= 0.6 is 0 Å². The molecule has 18 heavy (non-hydrogen) atoms. The van der Waals surface area contributed by atoms with Crippen molar-refractivity contribution in [2.75, 3.05) is 18.5 Å². The molecule has 0 heterocycles. The van der Waals surface area contributed by atoms with Crippen LogP contribution in [-0.2, 0) is 0 Å². The van der Waals surface area contributed by atoms with E-state index in [1.54, 1.807) is 6.92 Å². The lowest BCUT2D eigenvalue weighted by atomic mass is 10.1. The van der Waals surface area contributed by atoms with Gasteiger partial charge in [0.15, 0.2) is 0 Å². The van der Waals surface area contributed by atoms with Gasteiger partial charge in [-0.05, 0) is 30.9 Å². The summed E-state index contributed by atoms with van der Waals surface area (Å²) in [7, 11) is 0. The lowest BCUT2D eigenvalue weighted by Gasteiger charge is -2.13. The van der Waals surface area contributed by atoms with Crippen LogP contribution in [0.25, 0.3) is 0 Å². The smallest absolute Gasteiger partial charge is 0.295 e. The minimum Gasteiger partial charge on any atom is -0.396 e. The second-order valence-electron chi connectivity index (χ2n) is 4.37. The van der Waals surface area contributed by atoms with Gasteiger partial charge in [-0.25, -0.2) is 4.39 Å². The highest BCUT2D eigenvalue weighted by atomic mass is 19.1. The largest absolute Gasteiger partial charge is 0.396 e. The Morgan fingerprint density at radius 3 is 2.78 bits per heavy atom. The normalized spacial score (nSPS) is 12.2. The van der Waals surface area contributed by atoms with Crippen LogP contribution in [-0.4, -0.2) is 23.2 Å². The van der Waals surface area contributed by atoms with Crippen LogP contribution < -0.4 is 5.32 Å². The van der Waals surface area contributed by atoms with Gasteiger partial charge < -0.3 is 10.4 Å². The summed E-state index contributed by atoms with van der Waals surface area (Å²) in [5.41, 5.74) is 0.399. The molecule has 0 aromatic heterocycles. The Bertz CT molecular complexity index is 438. The van der Waals surface area contributed by atoms with Crippen molar-refractivity contribution in [2.45, 2.75) is 20.3 Å². The molecule has 0 aliphatic heterocycles. The molecule has 6 heteroatoms. The predicted molar refractivity (Wildman–Crippen MR) is 67.1 cm³/mol. The van der Waals surface area contributed by atoms with Gasteiger partial charge >= 0.3 is 0 Å². The first-order valence-corrected chi connectivity index (χ1v) is 5.75. The highest BCUT2D eigenvalue weighted by Crippen LogP contribution is 2.27. The molecule has 0 aliphatic carbocycles. The van der Waals surface area contributed by atoms with E-state index in [1.807, 2.05) is 6.92 Å². The molecule has 0 saturated carbocycles. The number of nitrogens with one attached hydrogen (secondary N) is 1. The summed E-state index contributed by atoms with van der Waals surface area (Å²) < 4.78 is 13.3. The lowest BCUT2D eigenvalue weighted by Crippen LogP contribution is -2.13. The monoisotopic (exact) mass is 256 g/mol. The first-order valence-electron chi connectivity index (χ1n) is 5.75. The van der Waals surface area contributed by atoms with Gasteiger partial charge in [0.2, 0.25) is 0 Å². The summed E-state index contributed by atoms with van der Waals surface area (Å²) in [5.74, 6) is -0.407. The van der Waals surface area contributed by atoms with Gasteiger partial charge in [-0.2, -0.15) is 0 Å². The average Bonchev–Trinajstić information content (AvgIpc) is 2.30. The van der Waals surface area contributed by atoms with Crippen molar-refractivity contribution in [3.63, 3.8) is 0 Å². The molecule has 5 nitrogen and oxygen atoms in total. The van der Waals surface area contributed by atoms with E-state index in [-0.39, 0.29) is 18.2 Å². The highest BCUT2D eigenvalue weighted by Gasteiger charge is 2.17. The second kappa shape index (κ2) is 6.30. The number of aliphatic hydroxyl groups is 1. The van der Waals surface area contributed by atoms with Crippen molar-refractivity contribution in [1.29, 1.82) is 0 Å². The van der Waals surface area contributed by atoms with Gasteiger partial charge in [-0.3, -0.25) is 10.1 Å². The van der Waals surface area contributed by atoms with E-state index >= 15 is 0 Å². The molecule has 0 bridgehead atoms. The molecule has 100 valence electrons. The maximum Gasteiger partial charge on any atom is 0.295 e. The number of rotatable bonds is 6. The van der Waals surface area contributed by atoms with Gasteiger partial charge in [0.1, 0.15) is 11.5 Å². The molecule has 0 fully saturated rings. The van der Waals surface area contributed by atoms with Crippen molar-refractivity contribution < 1.29 is 14.4 Å². The Balaban J connectivity index is 2.86. The maximum absolute atomic E-state index is 13.3. The Morgan fingerprint density at radius 2 is 2.22 bits per heavy atom. The number of aryl methyl sites for hydroxylation is 1. The number of aliphatic hydroxyl groups excluding tert-OH is 1. The van der Waals surface area contributed by atoms with Crippen molar-refractivity contribution in [3.05, 3.63) is 33.6 Å². The summed E-state index contributed by atoms with van der Waals surface area (Å²) in [5, 5.41) is 22.5. The Morgan fingerprint density at radius 1 is 1.56 bits per heavy atom. The van der Waals surface area contributed by atoms with E-state index in [2.05, 4.69) is 5.32 Å². The van der Waals surface area contributed by atoms with E-state index in [0.29, 0.717) is 24.2 Å². The van der Waals surface area contributed by atoms with Crippen molar-refractivity contribution in [2.24, 2.45) is 5.92 Å². The fourth-order valence-corrected chi connectivity index (χ4v) is 1.57. The van der Waals surface area contributed by atoms with E-state index in [0.717, 1.165) is 6.07 Å². The van der Waals surface area contributed by atoms with Gasteiger partial charge in [-0.1, -0.05) is 6.92 Å². The number of nitro benzene ring substituents is 1. The first-order chi connectivity index (χ1) is 8.45. The highest BCUT2D eigenvalue weighted by molar-refractivity contribution is 5.63. The molecule has 1 unspecified atom stereocenters. The molecule has 1 aromatic carbocycles. The van der Waals surface area contributed by atoms with Crippen LogP contribution in [0.3, 0.4) is 0 Å². The molecule has 0 spiro atoms. The SMILES string of the molecule is Cc1cc(NCC(C)CCO)c([N+](=O)[O-])cc1F. The molecule has 1 rings (SSSR count). The molecular weight excluding hydrogens is 239 g/mol. The van der Waals surface area contributed by atoms with Gasteiger partial charge in [0, 0.05) is 13.2 Å². The summed E-state index contributed by atoms with van der Waals surface area (Å²) in [6.07, 6.45) is 0.612. The standard InChI is InChI=1S/C12H17FN2O3/c1-8(3-4-16)7-14-11-5-9(2)10(13)6-12(11)15(17)18/h5-6,8,14,16H,3-4,7H2,1-2H3. The van der Waals surface area contributed by atoms with Crippen LogP contribution in [0.1, 0.15) is 18.9 Å². The number of nitro groups is 1. The average molecular weight is 256 g/mol. The topological polar surface area (TPSA) is 75.4 Å². The molecular formula is C12H17FN2O3. The summed E-state index contributed by atoms with van der Waals surface area (Å²) in [4.78, 5) is 10.2. The minimum atomic E-state index is -0.610. The van der Waals surface area contributed by atoms with Gasteiger partial charge in [0.25, 0.3) is 5.69 Å². The summed E-state index contributed by atoms with van der Waals surface area (Å²) in [6, 6.07) is 2.35.